The molecule has 2 fully saturated rings. The van der Waals surface area contributed by atoms with Gasteiger partial charge in [-0.15, -0.1) is 0 Å². The van der Waals surface area contributed by atoms with E-state index in [4.69, 9.17) is 4.99 Å². The summed E-state index contributed by atoms with van der Waals surface area (Å²) in [5.74, 6) is 0. The van der Waals surface area contributed by atoms with Crippen LogP contribution in [-0.4, -0.2) is 27.2 Å². The van der Waals surface area contributed by atoms with Gasteiger partial charge in [-0.2, -0.15) is 0 Å². The maximum absolute atomic E-state index is 10.9. The van der Waals surface area contributed by atoms with E-state index < -0.39 is 0 Å². The highest BCUT2D eigenvalue weighted by Gasteiger charge is 2.65. The zero-order chi connectivity index (χ0) is 17.0. The summed E-state index contributed by atoms with van der Waals surface area (Å²) in [5.41, 5.74) is 3.64. The van der Waals surface area contributed by atoms with Gasteiger partial charge >= 0.3 is 0 Å². The van der Waals surface area contributed by atoms with Crippen LogP contribution in [0.1, 0.15) is 42.9 Å². The van der Waals surface area contributed by atoms with Gasteiger partial charge in [0.05, 0.1) is 22.7 Å². The third kappa shape index (κ3) is 2.15. The highest BCUT2D eigenvalue weighted by atomic mass is 16.6. The number of nitro benzene ring substituents is 1. The Morgan fingerprint density at radius 1 is 1.00 bits per heavy atom. The lowest BCUT2D eigenvalue weighted by atomic mass is 10.0. The summed E-state index contributed by atoms with van der Waals surface area (Å²) in [6, 6.07) is 18.1. The summed E-state index contributed by atoms with van der Waals surface area (Å²) in [6.45, 7) is 0. The van der Waals surface area contributed by atoms with Crippen molar-refractivity contribution in [1.82, 2.24) is 4.90 Å². The van der Waals surface area contributed by atoms with Crippen molar-refractivity contribution < 1.29 is 4.92 Å². The molecule has 3 aliphatic rings. The Bertz CT molecular complexity index is 854. The molecule has 2 aromatic rings. The maximum Gasteiger partial charge on any atom is 0.269 e. The van der Waals surface area contributed by atoms with Crippen LogP contribution in [-0.2, 0) is 0 Å². The van der Waals surface area contributed by atoms with Crippen LogP contribution in [0.2, 0.25) is 0 Å². The van der Waals surface area contributed by atoms with Gasteiger partial charge in [0, 0.05) is 12.1 Å². The molecule has 1 saturated carbocycles. The molecule has 2 aliphatic heterocycles. The normalized spacial score (nSPS) is 28.6. The number of nitro groups is 1. The Morgan fingerprint density at radius 3 is 2.32 bits per heavy atom. The van der Waals surface area contributed by atoms with Crippen molar-refractivity contribution in [2.45, 2.75) is 43.4 Å². The van der Waals surface area contributed by atoms with E-state index in [-0.39, 0.29) is 16.3 Å². The van der Waals surface area contributed by atoms with Gasteiger partial charge in [-0.05, 0) is 36.8 Å². The smallest absolute Gasteiger partial charge is 0.265 e. The van der Waals surface area contributed by atoms with Crippen molar-refractivity contribution in [3.63, 3.8) is 0 Å². The van der Waals surface area contributed by atoms with Crippen LogP contribution in [0.5, 0.6) is 0 Å². The molecule has 0 radical (unpaired) electrons. The number of hydrogen-bond donors (Lipinski definition) is 0. The standard InChI is InChI=1S/C20H19N3O2/c24-23(25)16-10-8-15(9-11-16)18-19-17(14-6-2-1-3-7-14)21-20(22(18)19)12-4-5-13-20/h1-3,6-11,18-19H,4-5,12-13H2/t18-,19-,22?/m0/s1. The van der Waals surface area contributed by atoms with Crippen molar-refractivity contribution in [2.24, 2.45) is 4.99 Å². The fraction of sp³-hybridized carbons (Fsp3) is 0.350. The first-order valence-corrected chi connectivity index (χ1v) is 8.88. The van der Waals surface area contributed by atoms with Crippen molar-refractivity contribution in [1.29, 1.82) is 0 Å². The lowest BCUT2D eigenvalue weighted by Gasteiger charge is -2.25. The Balaban J connectivity index is 1.52. The molecule has 3 atom stereocenters. The van der Waals surface area contributed by atoms with Gasteiger partial charge in [0.2, 0.25) is 0 Å². The highest BCUT2D eigenvalue weighted by molar-refractivity contribution is 6.08. The van der Waals surface area contributed by atoms with Crippen LogP contribution in [0.4, 0.5) is 5.69 Å². The van der Waals surface area contributed by atoms with Crippen molar-refractivity contribution in [3.05, 3.63) is 75.8 Å². The molecule has 0 N–H and O–H groups in total. The quantitative estimate of drug-likeness (QED) is 0.483. The van der Waals surface area contributed by atoms with Gasteiger partial charge in [0.15, 0.2) is 0 Å². The van der Waals surface area contributed by atoms with Gasteiger partial charge in [0.25, 0.3) is 5.69 Å². The van der Waals surface area contributed by atoms with E-state index >= 15 is 0 Å². The van der Waals surface area contributed by atoms with Crippen molar-refractivity contribution in [3.8, 4) is 0 Å². The molecule has 0 amide bonds. The van der Waals surface area contributed by atoms with Crippen LogP contribution >= 0.6 is 0 Å². The molecule has 1 spiro atoms. The van der Waals surface area contributed by atoms with Crippen LogP contribution < -0.4 is 0 Å². The third-order valence-corrected chi connectivity index (χ3v) is 5.82. The fourth-order valence-electron chi connectivity index (χ4n) is 4.67. The van der Waals surface area contributed by atoms with E-state index in [2.05, 4.69) is 29.2 Å². The minimum Gasteiger partial charge on any atom is -0.265 e. The summed E-state index contributed by atoms with van der Waals surface area (Å²) in [5, 5.41) is 10.9. The molecular formula is C20H19N3O2. The summed E-state index contributed by atoms with van der Waals surface area (Å²) in [7, 11) is 0. The first kappa shape index (κ1) is 14.8. The third-order valence-electron chi connectivity index (χ3n) is 5.82. The first-order valence-electron chi connectivity index (χ1n) is 8.88. The average Bonchev–Trinajstić information content (AvgIpc) is 3.07. The average molecular weight is 333 g/mol. The molecule has 5 nitrogen and oxygen atoms in total. The molecule has 1 saturated heterocycles. The van der Waals surface area contributed by atoms with Crippen molar-refractivity contribution in [2.75, 3.05) is 0 Å². The van der Waals surface area contributed by atoms with E-state index in [0.29, 0.717) is 12.1 Å². The number of non-ortho nitro benzene ring substituents is 1. The molecule has 2 aromatic carbocycles. The van der Waals surface area contributed by atoms with Gasteiger partial charge in [0.1, 0.15) is 5.66 Å². The molecule has 126 valence electrons. The van der Waals surface area contributed by atoms with E-state index in [1.807, 2.05) is 18.2 Å². The SMILES string of the molecule is O=[N+]([O-])c1ccc([C@H]2[C@@H]3C(c4ccccc4)=NC4(CCCC4)N32)cc1. The second kappa shape index (κ2) is 5.23. The Labute approximate surface area is 146 Å². The number of aliphatic imine (C=N–C) groups is 1. The second-order valence-electron chi connectivity index (χ2n) is 7.20. The predicted octanol–water partition coefficient (Wildman–Crippen LogP) is 4.09. The Kier molecular flexibility index (Phi) is 3.09. The lowest BCUT2D eigenvalue weighted by molar-refractivity contribution is -0.384. The van der Waals surface area contributed by atoms with Crippen LogP contribution in [0.15, 0.2) is 59.6 Å². The molecule has 25 heavy (non-hydrogen) atoms. The number of nitrogens with zero attached hydrogens (tertiary/aromatic N) is 3. The topological polar surface area (TPSA) is 58.5 Å². The summed E-state index contributed by atoms with van der Waals surface area (Å²) >= 11 is 0. The van der Waals surface area contributed by atoms with E-state index in [1.54, 1.807) is 12.1 Å². The summed E-state index contributed by atoms with van der Waals surface area (Å²) < 4.78 is 0. The number of rotatable bonds is 3. The lowest BCUT2D eigenvalue weighted by Crippen LogP contribution is -2.30. The van der Waals surface area contributed by atoms with Crippen LogP contribution in [0, 0.1) is 10.1 Å². The highest BCUT2D eigenvalue weighted by Crippen LogP contribution is 2.59. The van der Waals surface area contributed by atoms with Crippen molar-refractivity contribution >= 4 is 11.4 Å². The molecule has 0 bridgehead atoms. The van der Waals surface area contributed by atoms with Gasteiger partial charge in [-0.25, -0.2) is 0 Å². The second-order valence-corrected chi connectivity index (χ2v) is 7.20. The minimum absolute atomic E-state index is 0.0533. The zero-order valence-electron chi connectivity index (χ0n) is 13.8. The maximum atomic E-state index is 10.9. The molecule has 2 heterocycles. The minimum atomic E-state index is -0.340. The molecule has 0 aromatic heterocycles. The van der Waals surface area contributed by atoms with E-state index in [9.17, 15) is 10.1 Å². The molecular weight excluding hydrogens is 314 g/mol. The Morgan fingerprint density at radius 2 is 1.68 bits per heavy atom. The summed E-state index contributed by atoms with van der Waals surface area (Å²) in [6.07, 6.45) is 4.68. The zero-order valence-corrected chi connectivity index (χ0v) is 13.8. The van der Waals surface area contributed by atoms with Gasteiger partial charge in [-0.3, -0.25) is 20.0 Å². The Hall–Kier alpha value is -2.53. The molecule has 1 aliphatic carbocycles. The van der Waals surface area contributed by atoms with E-state index in [0.717, 1.165) is 18.4 Å². The molecule has 5 rings (SSSR count). The molecule has 1 unspecified atom stereocenters. The van der Waals surface area contributed by atoms with E-state index in [1.165, 1.54) is 24.1 Å². The van der Waals surface area contributed by atoms with Gasteiger partial charge < -0.3 is 0 Å². The van der Waals surface area contributed by atoms with Crippen LogP contribution in [0.25, 0.3) is 0 Å². The predicted molar refractivity (Wildman–Crippen MR) is 95.6 cm³/mol. The first-order chi connectivity index (χ1) is 12.2. The number of hydrogen-bond acceptors (Lipinski definition) is 4. The van der Waals surface area contributed by atoms with Crippen LogP contribution in [0.3, 0.4) is 0 Å². The summed E-state index contributed by atoms with van der Waals surface area (Å²) in [4.78, 5) is 18.3. The number of benzene rings is 2. The monoisotopic (exact) mass is 333 g/mol. The number of fused-ring (bicyclic) bond motifs is 2. The van der Waals surface area contributed by atoms with Gasteiger partial charge in [-0.1, -0.05) is 42.5 Å². The largest absolute Gasteiger partial charge is 0.269 e. The fourth-order valence-corrected chi connectivity index (χ4v) is 4.67. The molecule has 5 heteroatoms.